The van der Waals surface area contributed by atoms with Crippen molar-refractivity contribution in [3.05, 3.63) is 64.6 Å². The molecule has 0 amide bonds. The SMILES string of the molecule is O=c1cc(C2CC2)nc(-c2ccc3ccccc3c2)[nH]1. The van der Waals surface area contributed by atoms with Gasteiger partial charge in [0.1, 0.15) is 5.82 Å². The summed E-state index contributed by atoms with van der Waals surface area (Å²) in [7, 11) is 0. The van der Waals surface area contributed by atoms with Crippen LogP contribution in [0.4, 0.5) is 0 Å². The Bertz CT molecular complexity index is 847. The molecule has 0 unspecified atom stereocenters. The molecule has 0 bridgehead atoms. The standard InChI is InChI=1S/C17H14N2O/c20-16-10-15(12-6-7-12)18-17(19-16)14-8-5-11-3-1-2-4-13(11)9-14/h1-5,8-10,12H,6-7H2,(H,18,19,20). The van der Waals surface area contributed by atoms with Gasteiger partial charge in [-0.2, -0.15) is 0 Å². The Kier molecular flexibility index (Phi) is 2.46. The average Bonchev–Trinajstić information content (AvgIpc) is 3.31. The van der Waals surface area contributed by atoms with E-state index in [0.717, 1.165) is 29.5 Å². The van der Waals surface area contributed by atoms with Gasteiger partial charge in [-0.05, 0) is 29.7 Å². The van der Waals surface area contributed by atoms with Crippen LogP contribution in [0.25, 0.3) is 22.2 Å². The molecule has 3 aromatic rings. The minimum atomic E-state index is -0.0648. The monoisotopic (exact) mass is 262 g/mol. The zero-order valence-corrected chi connectivity index (χ0v) is 11.0. The van der Waals surface area contributed by atoms with E-state index < -0.39 is 0 Å². The van der Waals surface area contributed by atoms with Crippen LogP contribution in [-0.4, -0.2) is 9.97 Å². The molecule has 1 heterocycles. The van der Waals surface area contributed by atoms with Crippen LogP contribution in [0.3, 0.4) is 0 Å². The second-order valence-electron chi connectivity index (χ2n) is 5.36. The second-order valence-corrected chi connectivity index (χ2v) is 5.36. The van der Waals surface area contributed by atoms with Gasteiger partial charge < -0.3 is 4.98 Å². The summed E-state index contributed by atoms with van der Waals surface area (Å²) < 4.78 is 0. The number of nitrogens with one attached hydrogen (secondary N) is 1. The number of fused-ring (bicyclic) bond motifs is 1. The Morgan fingerprint density at radius 2 is 1.80 bits per heavy atom. The molecule has 1 fully saturated rings. The molecule has 4 rings (SSSR count). The summed E-state index contributed by atoms with van der Waals surface area (Å²) in [5, 5.41) is 2.35. The highest BCUT2D eigenvalue weighted by Crippen LogP contribution is 2.38. The minimum absolute atomic E-state index is 0.0648. The number of aromatic amines is 1. The van der Waals surface area contributed by atoms with Gasteiger partial charge in [0.05, 0.1) is 5.69 Å². The van der Waals surface area contributed by atoms with Crippen molar-refractivity contribution < 1.29 is 0 Å². The third kappa shape index (κ3) is 2.01. The zero-order chi connectivity index (χ0) is 13.5. The van der Waals surface area contributed by atoms with Gasteiger partial charge in [-0.3, -0.25) is 4.79 Å². The summed E-state index contributed by atoms with van der Waals surface area (Å²) in [4.78, 5) is 19.2. The molecule has 1 aromatic heterocycles. The van der Waals surface area contributed by atoms with Crippen molar-refractivity contribution in [1.29, 1.82) is 0 Å². The number of hydrogen-bond acceptors (Lipinski definition) is 2. The van der Waals surface area contributed by atoms with Crippen molar-refractivity contribution in [2.75, 3.05) is 0 Å². The fraction of sp³-hybridized carbons (Fsp3) is 0.176. The summed E-state index contributed by atoms with van der Waals surface area (Å²) in [6, 6.07) is 16.0. The second kappa shape index (κ2) is 4.30. The van der Waals surface area contributed by atoms with Gasteiger partial charge in [0.15, 0.2) is 0 Å². The van der Waals surface area contributed by atoms with Gasteiger partial charge in [-0.1, -0.05) is 36.4 Å². The minimum Gasteiger partial charge on any atom is -0.307 e. The molecular weight excluding hydrogens is 248 g/mol. The highest BCUT2D eigenvalue weighted by Gasteiger charge is 2.25. The summed E-state index contributed by atoms with van der Waals surface area (Å²) in [5.41, 5.74) is 1.82. The summed E-state index contributed by atoms with van der Waals surface area (Å²) in [6.07, 6.45) is 2.29. The van der Waals surface area contributed by atoms with E-state index in [2.05, 4.69) is 34.2 Å². The average molecular weight is 262 g/mol. The van der Waals surface area contributed by atoms with Crippen LogP contribution >= 0.6 is 0 Å². The predicted molar refractivity (Wildman–Crippen MR) is 79.8 cm³/mol. The van der Waals surface area contributed by atoms with Gasteiger partial charge in [0, 0.05) is 17.5 Å². The van der Waals surface area contributed by atoms with E-state index in [-0.39, 0.29) is 5.56 Å². The first kappa shape index (κ1) is 11.4. The van der Waals surface area contributed by atoms with Crippen LogP contribution in [0.1, 0.15) is 24.5 Å². The molecule has 3 nitrogen and oxygen atoms in total. The van der Waals surface area contributed by atoms with E-state index in [1.165, 1.54) is 5.39 Å². The normalized spacial score (nSPS) is 14.6. The fourth-order valence-corrected chi connectivity index (χ4v) is 2.54. The third-order valence-electron chi connectivity index (χ3n) is 3.78. The third-order valence-corrected chi connectivity index (χ3v) is 3.78. The van der Waals surface area contributed by atoms with Crippen molar-refractivity contribution >= 4 is 10.8 Å². The number of benzene rings is 2. The van der Waals surface area contributed by atoms with Crippen molar-refractivity contribution in [2.24, 2.45) is 0 Å². The molecule has 1 N–H and O–H groups in total. The Labute approximate surface area is 116 Å². The van der Waals surface area contributed by atoms with Crippen LogP contribution in [0, 0.1) is 0 Å². The molecule has 0 radical (unpaired) electrons. The van der Waals surface area contributed by atoms with Gasteiger partial charge in [0.25, 0.3) is 5.56 Å². The van der Waals surface area contributed by atoms with E-state index in [1.807, 2.05) is 18.2 Å². The molecule has 1 saturated carbocycles. The van der Waals surface area contributed by atoms with Crippen molar-refractivity contribution in [3.63, 3.8) is 0 Å². The molecule has 98 valence electrons. The van der Waals surface area contributed by atoms with Gasteiger partial charge >= 0.3 is 0 Å². The van der Waals surface area contributed by atoms with E-state index in [1.54, 1.807) is 6.07 Å². The van der Waals surface area contributed by atoms with Gasteiger partial charge in [-0.15, -0.1) is 0 Å². The lowest BCUT2D eigenvalue weighted by atomic mass is 10.1. The Morgan fingerprint density at radius 1 is 1.00 bits per heavy atom. The van der Waals surface area contributed by atoms with Crippen LogP contribution in [-0.2, 0) is 0 Å². The number of H-pyrrole nitrogens is 1. The molecule has 0 spiro atoms. The topological polar surface area (TPSA) is 45.8 Å². The lowest BCUT2D eigenvalue weighted by molar-refractivity contribution is 0.977. The first-order valence-electron chi connectivity index (χ1n) is 6.90. The van der Waals surface area contributed by atoms with Crippen LogP contribution in [0.5, 0.6) is 0 Å². The van der Waals surface area contributed by atoms with E-state index >= 15 is 0 Å². The molecule has 0 saturated heterocycles. The highest BCUT2D eigenvalue weighted by molar-refractivity contribution is 5.86. The lowest BCUT2D eigenvalue weighted by Crippen LogP contribution is -2.09. The summed E-state index contributed by atoms with van der Waals surface area (Å²) in [5.74, 6) is 1.15. The molecule has 1 aliphatic carbocycles. The Hall–Kier alpha value is -2.42. The molecular formula is C17H14N2O. The van der Waals surface area contributed by atoms with Crippen molar-refractivity contribution in [1.82, 2.24) is 9.97 Å². The van der Waals surface area contributed by atoms with Gasteiger partial charge in [-0.25, -0.2) is 4.98 Å². The number of nitrogens with zero attached hydrogens (tertiary/aromatic N) is 1. The van der Waals surface area contributed by atoms with Gasteiger partial charge in [0.2, 0.25) is 0 Å². The number of aromatic nitrogens is 2. The zero-order valence-electron chi connectivity index (χ0n) is 11.0. The molecule has 20 heavy (non-hydrogen) atoms. The van der Waals surface area contributed by atoms with E-state index in [9.17, 15) is 4.79 Å². The van der Waals surface area contributed by atoms with Crippen LogP contribution < -0.4 is 5.56 Å². The predicted octanol–water partition coefficient (Wildman–Crippen LogP) is 3.47. The highest BCUT2D eigenvalue weighted by atomic mass is 16.1. The number of hydrogen-bond donors (Lipinski definition) is 1. The maximum absolute atomic E-state index is 11.8. The molecule has 3 heteroatoms. The molecule has 0 aliphatic heterocycles. The lowest BCUT2D eigenvalue weighted by Gasteiger charge is -2.05. The number of rotatable bonds is 2. The first-order valence-corrected chi connectivity index (χ1v) is 6.90. The first-order chi connectivity index (χ1) is 9.79. The molecule has 2 aromatic carbocycles. The fourth-order valence-electron chi connectivity index (χ4n) is 2.54. The largest absolute Gasteiger partial charge is 0.307 e. The van der Waals surface area contributed by atoms with Crippen molar-refractivity contribution in [3.8, 4) is 11.4 Å². The maximum Gasteiger partial charge on any atom is 0.251 e. The van der Waals surface area contributed by atoms with E-state index in [4.69, 9.17) is 0 Å². The van der Waals surface area contributed by atoms with E-state index in [0.29, 0.717) is 11.7 Å². The molecule has 1 aliphatic rings. The Morgan fingerprint density at radius 3 is 2.60 bits per heavy atom. The Balaban J connectivity index is 1.87. The maximum atomic E-state index is 11.8. The van der Waals surface area contributed by atoms with Crippen LogP contribution in [0.15, 0.2) is 53.3 Å². The summed E-state index contributed by atoms with van der Waals surface area (Å²) in [6.45, 7) is 0. The quantitative estimate of drug-likeness (QED) is 0.768. The smallest absolute Gasteiger partial charge is 0.251 e. The molecule has 0 atom stereocenters. The van der Waals surface area contributed by atoms with Crippen LogP contribution in [0.2, 0.25) is 0 Å². The summed E-state index contributed by atoms with van der Waals surface area (Å²) >= 11 is 0. The van der Waals surface area contributed by atoms with Crippen molar-refractivity contribution in [2.45, 2.75) is 18.8 Å².